The van der Waals surface area contributed by atoms with Crippen molar-refractivity contribution in [3.8, 4) is 0 Å². The molecule has 1 heterocycles. The highest BCUT2D eigenvalue weighted by atomic mass is 32.1. The van der Waals surface area contributed by atoms with Crippen LogP contribution in [0.25, 0.3) is 0 Å². The van der Waals surface area contributed by atoms with Crippen molar-refractivity contribution >= 4 is 28.0 Å². The van der Waals surface area contributed by atoms with Crippen LogP contribution >= 0.6 is 11.3 Å². The Morgan fingerprint density at radius 2 is 1.59 bits per heavy atom. The Balaban J connectivity index is 1.47. The van der Waals surface area contributed by atoms with Crippen LogP contribution in [0.2, 0.25) is 36.3 Å². The molecule has 0 saturated heterocycles. The number of rotatable bonds is 11. The minimum Gasteiger partial charge on any atom is -0.414 e. The number of hydrogen-bond acceptors (Lipinski definition) is 5. The standard InChI is InChI=1S/C39H69NO3SSi2/c1-28(15-13-17-35(41)36-40-23-24-44-36)33-20-21-34-30(16-14-22-39(33,34)8)19-18-29-25-31(42-45(9,10)37(2,3)4)27-32(26-29)43-46(11,12)38(5,6)7/h18-19,23-24,28,31-35,41H,13-17,20-22,25-27H2,1-12H3/b29-18?,30-19+/t28-,31?,32?,33-,34+,35?,39-/m1/s1. The first kappa shape index (κ1) is 38.2. The number of allylic oxidation sites excluding steroid dienone is 3. The minimum absolute atomic E-state index is 0.204. The quantitative estimate of drug-likeness (QED) is 0.235. The van der Waals surface area contributed by atoms with Crippen molar-refractivity contribution in [2.24, 2.45) is 23.2 Å². The van der Waals surface area contributed by atoms with E-state index in [-0.39, 0.29) is 22.3 Å². The van der Waals surface area contributed by atoms with Crippen LogP contribution in [0.5, 0.6) is 0 Å². The molecule has 4 rings (SSSR count). The molecule has 4 nitrogen and oxygen atoms in total. The minimum atomic E-state index is -1.88. The Bertz CT molecular complexity index is 1160. The summed E-state index contributed by atoms with van der Waals surface area (Å²) in [6.45, 7) is 28.8. The van der Waals surface area contributed by atoms with E-state index in [9.17, 15) is 5.11 Å². The molecule has 3 unspecified atom stereocenters. The molecule has 1 N–H and O–H groups in total. The fourth-order valence-electron chi connectivity index (χ4n) is 8.43. The van der Waals surface area contributed by atoms with Crippen LogP contribution in [-0.2, 0) is 8.85 Å². The molecule has 46 heavy (non-hydrogen) atoms. The maximum absolute atomic E-state index is 10.6. The number of aliphatic hydroxyl groups is 1. The third-order valence-electron chi connectivity index (χ3n) is 13.2. The van der Waals surface area contributed by atoms with Gasteiger partial charge >= 0.3 is 0 Å². The summed E-state index contributed by atoms with van der Waals surface area (Å²) in [5.41, 5.74) is 3.62. The molecule has 1 aromatic rings. The van der Waals surface area contributed by atoms with Gasteiger partial charge in [0.15, 0.2) is 16.6 Å². The lowest BCUT2D eigenvalue weighted by Gasteiger charge is -2.45. The van der Waals surface area contributed by atoms with Crippen molar-refractivity contribution in [1.29, 1.82) is 0 Å². The van der Waals surface area contributed by atoms with Gasteiger partial charge in [-0.1, -0.05) is 91.5 Å². The molecule has 0 bridgehead atoms. The van der Waals surface area contributed by atoms with Gasteiger partial charge in [0, 0.05) is 11.6 Å². The van der Waals surface area contributed by atoms with Crippen LogP contribution < -0.4 is 0 Å². The molecule has 0 spiro atoms. The largest absolute Gasteiger partial charge is 0.414 e. The molecule has 3 aliphatic rings. The fraction of sp³-hybridized carbons (Fsp3) is 0.821. The molecule has 0 aliphatic heterocycles. The average molecular weight is 688 g/mol. The van der Waals surface area contributed by atoms with Crippen molar-refractivity contribution in [1.82, 2.24) is 4.98 Å². The van der Waals surface area contributed by atoms with Gasteiger partial charge < -0.3 is 14.0 Å². The highest BCUT2D eigenvalue weighted by molar-refractivity contribution is 7.09. The third-order valence-corrected chi connectivity index (χ3v) is 23.1. The lowest BCUT2D eigenvalue weighted by atomic mass is 9.60. The van der Waals surface area contributed by atoms with Crippen molar-refractivity contribution < 1.29 is 14.0 Å². The summed E-state index contributed by atoms with van der Waals surface area (Å²) < 4.78 is 14.2. The second kappa shape index (κ2) is 14.7. The molecule has 3 aliphatic carbocycles. The first-order chi connectivity index (χ1) is 21.2. The first-order valence-corrected chi connectivity index (χ1v) is 25.2. The third kappa shape index (κ3) is 8.95. The summed E-state index contributed by atoms with van der Waals surface area (Å²) >= 11 is 1.57. The van der Waals surface area contributed by atoms with Gasteiger partial charge in [0.05, 0.1) is 12.2 Å². The lowest BCUT2D eigenvalue weighted by Crippen LogP contribution is -2.48. The van der Waals surface area contributed by atoms with Crippen LogP contribution in [-0.4, -0.2) is 38.9 Å². The Kier molecular flexibility index (Phi) is 12.2. The zero-order valence-corrected chi connectivity index (χ0v) is 34.5. The summed E-state index contributed by atoms with van der Waals surface area (Å²) in [5, 5.41) is 13.8. The van der Waals surface area contributed by atoms with Gasteiger partial charge in [-0.05, 0) is 117 Å². The Morgan fingerprint density at radius 1 is 0.978 bits per heavy atom. The number of aromatic nitrogens is 1. The highest BCUT2D eigenvalue weighted by Gasteiger charge is 2.50. The van der Waals surface area contributed by atoms with Gasteiger partial charge in [0.2, 0.25) is 0 Å². The van der Waals surface area contributed by atoms with Gasteiger partial charge in [-0.15, -0.1) is 11.3 Å². The number of fused-ring (bicyclic) bond motifs is 1. The Labute approximate surface area is 289 Å². The average Bonchev–Trinajstić information content (AvgIpc) is 3.58. The topological polar surface area (TPSA) is 51.6 Å². The smallest absolute Gasteiger partial charge is 0.192 e. The number of thiazole rings is 1. The van der Waals surface area contributed by atoms with Crippen molar-refractivity contribution in [2.75, 3.05) is 0 Å². The van der Waals surface area contributed by atoms with Gasteiger partial charge in [-0.3, -0.25) is 0 Å². The van der Waals surface area contributed by atoms with E-state index in [1.54, 1.807) is 23.1 Å². The lowest BCUT2D eigenvalue weighted by molar-refractivity contribution is 0.0725. The van der Waals surface area contributed by atoms with Gasteiger partial charge in [-0.25, -0.2) is 4.98 Å². The van der Waals surface area contributed by atoms with Crippen molar-refractivity contribution in [3.63, 3.8) is 0 Å². The summed E-state index contributed by atoms with van der Waals surface area (Å²) in [4.78, 5) is 4.32. The SMILES string of the molecule is C[C@H](CCCC(O)c1nccs1)[C@H]1CC[C@H]2/C(=C/C=C3CC(O[Si](C)(C)C(C)(C)C)CC(O[Si](C)(C)C(C)(C)C)C3)CCC[C@]12C. The molecular formula is C39H69NO3SSi2. The fourth-order valence-corrected chi connectivity index (χ4v) is 11.8. The maximum atomic E-state index is 10.6. The summed E-state index contributed by atoms with van der Waals surface area (Å²) in [5.74, 6) is 2.16. The van der Waals surface area contributed by atoms with Gasteiger partial charge in [0.25, 0.3) is 0 Å². The predicted molar refractivity (Wildman–Crippen MR) is 202 cm³/mol. The van der Waals surface area contributed by atoms with E-state index in [1.807, 2.05) is 5.38 Å². The van der Waals surface area contributed by atoms with Crippen LogP contribution in [0, 0.1) is 23.2 Å². The van der Waals surface area contributed by atoms with E-state index in [4.69, 9.17) is 8.85 Å². The normalized spacial score (nSPS) is 30.4. The number of hydrogen-bond donors (Lipinski definition) is 1. The molecule has 3 fully saturated rings. The summed E-state index contributed by atoms with van der Waals surface area (Å²) in [6.07, 6.45) is 19.8. The molecule has 0 radical (unpaired) electrons. The van der Waals surface area contributed by atoms with Crippen LogP contribution in [0.1, 0.15) is 137 Å². The molecule has 0 aromatic carbocycles. The second-order valence-corrected chi connectivity index (χ2v) is 29.0. The second-order valence-electron chi connectivity index (χ2n) is 18.6. The Morgan fingerprint density at radius 3 is 2.13 bits per heavy atom. The zero-order chi connectivity index (χ0) is 34.1. The van der Waals surface area contributed by atoms with E-state index in [0.717, 1.165) is 43.0 Å². The molecule has 3 saturated carbocycles. The molecule has 7 atom stereocenters. The first-order valence-electron chi connectivity index (χ1n) is 18.5. The van der Waals surface area contributed by atoms with E-state index in [0.29, 0.717) is 17.3 Å². The zero-order valence-electron chi connectivity index (χ0n) is 31.7. The van der Waals surface area contributed by atoms with Crippen LogP contribution in [0.4, 0.5) is 0 Å². The summed E-state index contributed by atoms with van der Waals surface area (Å²) in [7, 11) is -3.76. The Hall–Kier alpha value is -0.576. The van der Waals surface area contributed by atoms with E-state index >= 15 is 0 Å². The van der Waals surface area contributed by atoms with Crippen molar-refractivity contribution in [2.45, 2.75) is 181 Å². The molecule has 262 valence electrons. The highest BCUT2D eigenvalue weighted by Crippen LogP contribution is 2.60. The summed E-state index contributed by atoms with van der Waals surface area (Å²) in [6, 6.07) is 0. The predicted octanol–water partition coefficient (Wildman–Crippen LogP) is 12.0. The number of aliphatic hydroxyl groups excluding tert-OH is 1. The maximum Gasteiger partial charge on any atom is 0.192 e. The monoisotopic (exact) mass is 687 g/mol. The van der Waals surface area contributed by atoms with E-state index in [1.165, 1.54) is 44.1 Å². The molecule has 7 heteroatoms. The van der Waals surface area contributed by atoms with Gasteiger partial charge in [-0.2, -0.15) is 0 Å². The van der Waals surface area contributed by atoms with E-state index < -0.39 is 22.7 Å². The molecule has 0 amide bonds. The molecular weight excluding hydrogens is 619 g/mol. The molecule has 1 aromatic heterocycles. The van der Waals surface area contributed by atoms with Crippen molar-refractivity contribution in [3.05, 3.63) is 39.9 Å². The van der Waals surface area contributed by atoms with Crippen LogP contribution in [0.15, 0.2) is 34.9 Å². The van der Waals surface area contributed by atoms with E-state index in [2.05, 4.69) is 98.7 Å². The number of nitrogens with zero attached hydrogens (tertiary/aromatic N) is 1. The van der Waals surface area contributed by atoms with Gasteiger partial charge in [0.1, 0.15) is 11.1 Å². The van der Waals surface area contributed by atoms with Crippen LogP contribution in [0.3, 0.4) is 0 Å².